The molecule has 0 radical (unpaired) electrons. The molecule has 4 nitrogen and oxygen atoms in total. The van der Waals surface area contributed by atoms with Gasteiger partial charge in [-0.1, -0.05) is 32.0 Å². The number of carbonyl (C=O) groups excluding carboxylic acids is 1. The Balaban J connectivity index is 2.16. The second-order valence-electron chi connectivity index (χ2n) is 5.04. The van der Waals surface area contributed by atoms with Crippen LogP contribution in [0, 0.1) is 0 Å². The van der Waals surface area contributed by atoms with E-state index in [0.717, 1.165) is 29.3 Å². The summed E-state index contributed by atoms with van der Waals surface area (Å²) >= 11 is 0. The molecule has 1 aromatic carbocycles. The molecular formula is C16H22N2O2. The number of fused-ring (bicyclic) bond motifs is 1. The van der Waals surface area contributed by atoms with Crippen LogP contribution in [0.15, 0.2) is 24.4 Å². The number of aliphatic hydroxyl groups excluding tert-OH is 1. The Morgan fingerprint density at radius 2 is 2.15 bits per heavy atom. The van der Waals surface area contributed by atoms with Gasteiger partial charge in [-0.15, -0.1) is 0 Å². The molecule has 0 saturated heterocycles. The minimum atomic E-state index is -0.154. The lowest BCUT2D eigenvalue weighted by Crippen LogP contribution is -2.37. The number of para-hydroxylation sites is 1. The van der Waals surface area contributed by atoms with Crippen molar-refractivity contribution in [2.24, 2.45) is 0 Å². The molecule has 3 N–H and O–H groups in total. The van der Waals surface area contributed by atoms with Crippen LogP contribution < -0.4 is 5.32 Å². The lowest BCUT2D eigenvalue weighted by atomic mass is 10.1. The zero-order valence-corrected chi connectivity index (χ0v) is 12.1. The van der Waals surface area contributed by atoms with Gasteiger partial charge >= 0.3 is 0 Å². The first-order valence-corrected chi connectivity index (χ1v) is 7.17. The minimum absolute atomic E-state index is 0.0178. The predicted molar refractivity (Wildman–Crippen MR) is 80.7 cm³/mol. The molecule has 0 bridgehead atoms. The summed E-state index contributed by atoms with van der Waals surface area (Å²) in [4.78, 5) is 15.3. The van der Waals surface area contributed by atoms with Gasteiger partial charge in [-0.2, -0.15) is 0 Å². The number of H-pyrrole nitrogens is 1. The van der Waals surface area contributed by atoms with E-state index in [0.29, 0.717) is 6.42 Å². The maximum Gasteiger partial charge on any atom is 0.224 e. The van der Waals surface area contributed by atoms with Gasteiger partial charge in [-0.05, 0) is 24.0 Å². The number of hydrogen-bond acceptors (Lipinski definition) is 2. The number of rotatable bonds is 6. The summed E-state index contributed by atoms with van der Waals surface area (Å²) in [7, 11) is 0. The third-order valence-electron chi connectivity index (χ3n) is 3.70. The quantitative estimate of drug-likeness (QED) is 0.755. The molecule has 1 atom stereocenters. The number of aromatic amines is 1. The predicted octanol–water partition coefficient (Wildman–Crippen LogP) is 2.16. The summed E-state index contributed by atoms with van der Waals surface area (Å²) in [5.74, 6) is -0.0475. The van der Waals surface area contributed by atoms with E-state index in [-0.39, 0.29) is 18.6 Å². The second-order valence-corrected chi connectivity index (χ2v) is 5.04. The summed E-state index contributed by atoms with van der Waals surface area (Å²) in [5, 5.41) is 13.1. The monoisotopic (exact) mass is 274 g/mol. The van der Waals surface area contributed by atoms with E-state index in [1.54, 1.807) is 0 Å². The topological polar surface area (TPSA) is 65.1 Å². The van der Waals surface area contributed by atoms with Gasteiger partial charge in [0.05, 0.1) is 19.1 Å². The fourth-order valence-electron chi connectivity index (χ4n) is 2.44. The maximum atomic E-state index is 12.0. The van der Waals surface area contributed by atoms with Gasteiger partial charge in [0.25, 0.3) is 0 Å². The maximum absolute atomic E-state index is 12.0. The Bertz CT molecular complexity index is 585. The standard InChI is InChI=1S/C16H22N2O2/c1-3-11-6-5-7-14-12(9-17-16(11)14)8-15(20)18-13(4-2)10-19/h5-7,9,13,17,19H,3-4,8,10H2,1-2H3,(H,18,20). The highest BCUT2D eigenvalue weighted by atomic mass is 16.3. The van der Waals surface area contributed by atoms with Crippen LogP contribution in [0.2, 0.25) is 0 Å². The first-order valence-electron chi connectivity index (χ1n) is 7.17. The van der Waals surface area contributed by atoms with Gasteiger partial charge in [0.2, 0.25) is 5.91 Å². The number of amides is 1. The van der Waals surface area contributed by atoms with Gasteiger partial charge in [0, 0.05) is 17.1 Å². The van der Waals surface area contributed by atoms with Crippen molar-refractivity contribution in [2.45, 2.75) is 39.2 Å². The molecule has 0 aliphatic rings. The molecule has 0 aliphatic carbocycles. The lowest BCUT2D eigenvalue weighted by Gasteiger charge is -2.13. The van der Waals surface area contributed by atoms with E-state index in [1.807, 2.05) is 25.3 Å². The number of aryl methyl sites for hydroxylation is 1. The first-order chi connectivity index (χ1) is 9.69. The van der Waals surface area contributed by atoms with Crippen LogP contribution >= 0.6 is 0 Å². The smallest absolute Gasteiger partial charge is 0.224 e. The highest BCUT2D eigenvalue weighted by Gasteiger charge is 2.13. The molecule has 4 heteroatoms. The molecule has 1 unspecified atom stereocenters. The third kappa shape index (κ3) is 3.02. The Kier molecular flexibility index (Phi) is 4.79. The Labute approximate surface area is 119 Å². The van der Waals surface area contributed by atoms with Crippen molar-refractivity contribution in [3.63, 3.8) is 0 Å². The molecule has 2 rings (SSSR count). The van der Waals surface area contributed by atoms with Gasteiger partial charge in [-0.3, -0.25) is 4.79 Å². The molecule has 2 aromatic rings. The fourth-order valence-corrected chi connectivity index (χ4v) is 2.44. The highest BCUT2D eigenvalue weighted by molar-refractivity contribution is 5.90. The Morgan fingerprint density at radius 3 is 2.80 bits per heavy atom. The second kappa shape index (κ2) is 6.57. The minimum Gasteiger partial charge on any atom is -0.394 e. The number of benzene rings is 1. The van der Waals surface area contributed by atoms with Crippen molar-refractivity contribution in [3.05, 3.63) is 35.5 Å². The molecule has 0 saturated carbocycles. The summed E-state index contributed by atoms with van der Waals surface area (Å²) in [5.41, 5.74) is 3.38. The van der Waals surface area contributed by atoms with Gasteiger partial charge in [-0.25, -0.2) is 0 Å². The molecular weight excluding hydrogens is 252 g/mol. The number of hydrogen-bond donors (Lipinski definition) is 3. The number of carbonyl (C=O) groups is 1. The van der Waals surface area contributed by atoms with Gasteiger partial charge in [0.15, 0.2) is 0 Å². The number of aromatic nitrogens is 1. The average molecular weight is 274 g/mol. The van der Waals surface area contributed by atoms with E-state index < -0.39 is 0 Å². The SMILES string of the molecule is CCc1cccc2c(CC(=O)NC(CC)CO)c[nH]c12. The van der Waals surface area contributed by atoms with Crippen molar-refractivity contribution < 1.29 is 9.90 Å². The molecule has 1 aromatic heterocycles. The van der Waals surface area contributed by atoms with Gasteiger partial charge < -0.3 is 15.4 Å². The molecule has 0 aliphatic heterocycles. The van der Waals surface area contributed by atoms with E-state index in [2.05, 4.69) is 23.3 Å². The average Bonchev–Trinajstić information content (AvgIpc) is 2.87. The van der Waals surface area contributed by atoms with Crippen molar-refractivity contribution in [1.29, 1.82) is 0 Å². The Hall–Kier alpha value is -1.81. The van der Waals surface area contributed by atoms with Crippen molar-refractivity contribution >= 4 is 16.8 Å². The Morgan fingerprint density at radius 1 is 1.35 bits per heavy atom. The normalized spacial score (nSPS) is 12.6. The number of aliphatic hydroxyl groups is 1. The molecule has 1 amide bonds. The van der Waals surface area contributed by atoms with E-state index in [1.165, 1.54) is 5.56 Å². The summed E-state index contributed by atoms with van der Waals surface area (Å²) in [6.07, 6.45) is 3.94. The zero-order valence-electron chi connectivity index (χ0n) is 12.1. The first kappa shape index (κ1) is 14.6. The lowest BCUT2D eigenvalue weighted by molar-refractivity contribution is -0.121. The van der Waals surface area contributed by atoms with Crippen LogP contribution in [0.3, 0.4) is 0 Å². The van der Waals surface area contributed by atoms with E-state index in [9.17, 15) is 4.79 Å². The van der Waals surface area contributed by atoms with Crippen LogP contribution in [0.5, 0.6) is 0 Å². The summed E-state index contributed by atoms with van der Waals surface area (Å²) in [6.45, 7) is 4.05. The van der Waals surface area contributed by atoms with Crippen LogP contribution in [-0.4, -0.2) is 28.6 Å². The largest absolute Gasteiger partial charge is 0.394 e. The van der Waals surface area contributed by atoms with Crippen molar-refractivity contribution in [2.75, 3.05) is 6.61 Å². The molecule has 0 fully saturated rings. The van der Waals surface area contributed by atoms with Crippen LogP contribution in [0.4, 0.5) is 0 Å². The van der Waals surface area contributed by atoms with Crippen LogP contribution in [-0.2, 0) is 17.6 Å². The van der Waals surface area contributed by atoms with Crippen molar-refractivity contribution in [3.8, 4) is 0 Å². The molecule has 1 heterocycles. The molecule has 20 heavy (non-hydrogen) atoms. The van der Waals surface area contributed by atoms with Crippen LogP contribution in [0.1, 0.15) is 31.4 Å². The summed E-state index contributed by atoms with van der Waals surface area (Å²) in [6, 6.07) is 6.01. The molecule has 108 valence electrons. The van der Waals surface area contributed by atoms with Gasteiger partial charge in [0.1, 0.15) is 0 Å². The van der Waals surface area contributed by atoms with Crippen molar-refractivity contribution in [1.82, 2.24) is 10.3 Å². The van der Waals surface area contributed by atoms with Crippen LogP contribution in [0.25, 0.3) is 10.9 Å². The number of nitrogens with one attached hydrogen (secondary N) is 2. The highest BCUT2D eigenvalue weighted by Crippen LogP contribution is 2.22. The van der Waals surface area contributed by atoms with E-state index in [4.69, 9.17) is 5.11 Å². The summed E-state index contributed by atoms with van der Waals surface area (Å²) < 4.78 is 0. The zero-order chi connectivity index (χ0) is 14.5. The van der Waals surface area contributed by atoms with E-state index >= 15 is 0 Å². The fraction of sp³-hybridized carbons (Fsp3) is 0.438. The third-order valence-corrected chi connectivity index (χ3v) is 3.70. The molecule has 0 spiro atoms.